The zero-order chi connectivity index (χ0) is 35.7. The summed E-state index contributed by atoms with van der Waals surface area (Å²) in [7, 11) is 1.47. The minimum absolute atomic E-state index is 0.0467. The smallest absolute Gasteiger partial charge is 0.331 e. The maximum atomic E-state index is 13.7. The third-order valence-corrected chi connectivity index (χ3v) is 13.8. The summed E-state index contributed by atoms with van der Waals surface area (Å²) in [6, 6.07) is 4.99. The van der Waals surface area contributed by atoms with Gasteiger partial charge in [0.25, 0.3) is 0 Å². The number of allylic oxidation sites excluding steroid dienone is 2. The Morgan fingerprint density at radius 2 is 1.71 bits per heavy atom. The Hall–Kier alpha value is -3.05. The summed E-state index contributed by atoms with van der Waals surface area (Å²) in [6.45, 7) is 11.6. The van der Waals surface area contributed by atoms with Crippen LogP contribution < -0.4 is 9.47 Å². The fourth-order valence-corrected chi connectivity index (χ4v) is 11.4. The van der Waals surface area contributed by atoms with Crippen molar-refractivity contribution in [2.24, 2.45) is 51.2 Å². The van der Waals surface area contributed by atoms with Crippen molar-refractivity contribution in [1.29, 1.82) is 0 Å². The first-order valence-electron chi connectivity index (χ1n) is 17.6. The van der Waals surface area contributed by atoms with Gasteiger partial charge >= 0.3 is 11.9 Å². The second-order valence-electron chi connectivity index (χ2n) is 16.3. The highest BCUT2D eigenvalue weighted by Gasteiger charge is 2.73. The van der Waals surface area contributed by atoms with Crippen molar-refractivity contribution in [3.63, 3.8) is 0 Å². The number of methoxy groups -OCH3 is 1. The largest absolute Gasteiger partial charge is 0.493 e. The molecule has 1 aliphatic heterocycles. The van der Waals surface area contributed by atoms with E-state index in [9.17, 15) is 29.7 Å². The fourth-order valence-electron chi connectivity index (χ4n) is 11.4. The number of benzene rings is 1. The number of rotatable bonds is 7. The molecule has 1 heterocycles. The van der Waals surface area contributed by atoms with Crippen LogP contribution in [0, 0.1) is 51.2 Å². The Kier molecular flexibility index (Phi) is 9.21. The van der Waals surface area contributed by atoms with E-state index in [2.05, 4.69) is 26.8 Å². The standard InChI is InChI=1S/C39H52O10/c1-21(41)47-26-11-8-22(16-27(26)46-7)9-13-34(44)49-33-19-29-36(2,3)31(42)14-15-37(29,4)30-18-32(43)38(5)25(10-12-28(38)39(30,33)6)24-17-23(20-40)48-35(24)45/h8-9,11,13-16,23-25,28-30,32-33,35,40,43,45H,10,12,17-20H2,1-7H3/b13-9+/t23?,24-,25+,28+,29+,30-,32+,33-,35?,37+,38+,39+/m1/s1. The minimum Gasteiger partial charge on any atom is -0.493 e. The molecule has 0 amide bonds. The monoisotopic (exact) mass is 680 g/mol. The molecule has 6 rings (SSSR count). The number of hydrogen-bond acceptors (Lipinski definition) is 10. The minimum atomic E-state index is -1.02. The molecule has 10 heteroatoms. The van der Waals surface area contributed by atoms with E-state index in [1.165, 1.54) is 20.1 Å². The number of carbonyl (C=O) groups is 3. The third kappa shape index (κ3) is 5.58. The van der Waals surface area contributed by atoms with Gasteiger partial charge in [0.15, 0.2) is 23.6 Å². The average molecular weight is 681 g/mol. The first kappa shape index (κ1) is 35.8. The van der Waals surface area contributed by atoms with E-state index in [4.69, 9.17) is 18.9 Å². The summed E-state index contributed by atoms with van der Waals surface area (Å²) in [5.74, 6) is -0.861. The van der Waals surface area contributed by atoms with E-state index < -0.39 is 58.2 Å². The van der Waals surface area contributed by atoms with Crippen molar-refractivity contribution in [2.75, 3.05) is 13.7 Å². The first-order chi connectivity index (χ1) is 23.0. The number of aliphatic hydroxyl groups excluding tert-OH is 3. The van der Waals surface area contributed by atoms with Crippen LogP contribution in [-0.2, 0) is 23.9 Å². The van der Waals surface area contributed by atoms with Crippen LogP contribution in [0.1, 0.15) is 79.2 Å². The van der Waals surface area contributed by atoms with Gasteiger partial charge in [0.05, 0.1) is 25.9 Å². The molecule has 1 aromatic rings. The van der Waals surface area contributed by atoms with E-state index >= 15 is 0 Å². The van der Waals surface area contributed by atoms with E-state index in [1.54, 1.807) is 30.4 Å². The molecule has 4 aliphatic carbocycles. The SMILES string of the molecule is COc1cc(/C=C/C(=O)O[C@@H]2C[C@H]3C(C)(C)C(=O)C=C[C@]3(C)[C@H]3C[C@H](O)[C@]4(C)[C@H](CC[C@H]4[C@H]4CC(CO)OC4O)[C@@]32C)ccc1OC(C)=O. The van der Waals surface area contributed by atoms with Crippen LogP contribution in [0.5, 0.6) is 11.5 Å². The lowest BCUT2D eigenvalue weighted by molar-refractivity contribution is -0.250. The van der Waals surface area contributed by atoms with Crippen LogP contribution in [0.2, 0.25) is 0 Å². The van der Waals surface area contributed by atoms with Gasteiger partial charge in [-0.2, -0.15) is 0 Å². The summed E-state index contributed by atoms with van der Waals surface area (Å²) in [6.07, 6.45) is 7.14. The van der Waals surface area contributed by atoms with Gasteiger partial charge in [-0.1, -0.05) is 46.8 Å². The van der Waals surface area contributed by atoms with Gasteiger partial charge in [-0.25, -0.2) is 4.79 Å². The fraction of sp³-hybridized carbons (Fsp3) is 0.667. The summed E-state index contributed by atoms with van der Waals surface area (Å²) in [5, 5.41) is 33.0. The van der Waals surface area contributed by atoms with Crippen molar-refractivity contribution in [2.45, 2.75) is 98.2 Å². The molecule has 12 atom stereocenters. The molecule has 49 heavy (non-hydrogen) atoms. The molecule has 3 saturated carbocycles. The van der Waals surface area contributed by atoms with Gasteiger partial charge in [-0.05, 0) is 91.0 Å². The van der Waals surface area contributed by atoms with Crippen LogP contribution >= 0.6 is 0 Å². The highest BCUT2D eigenvalue weighted by molar-refractivity contribution is 5.96. The van der Waals surface area contributed by atoms with Crippen molar-refractivity contribution < 1.29 is 48.7 Å². The summed E-state index contributed by atoms with van der Waals surface area (Å²) in [5.41, 5.74) is -1.63. The quantitative estimate of drug-likeness (QED) is 0.207. The molecule has 1 saturated heterocycles. The van der Waals surface area contributed by atoms with Gasteiger partial charge in [0.2, 0.25) is 0 Å². The highest BCUT2D eigenvalue weighted by atomic mass is 16.6. The summed E-state index contributed by atoms with van der Waals surface area (Å²) in [4.78, 5) is 38.5. The molecule has 0 bridgehead atoms. The topological polar surface area (TPSA) is 149 Å². The highest BCUT2D eigenvalue weighted by Crippen LogP contribution is 2.74. The van der Waals surface area contributed by atoms with E-state index in [1.807, 2.05) is 13.8 Å². The predicted octanol–water partition coefficient (Wildman–Crippen LogP) is 4.87. The van der Waals surface area contributed by atoms with Crippen LogP contribution in [0.4, 0.5) is 0 Å². The van der Waals surface area contributed by atoms with Gasteiger partial charge in [-0.15, -0.1) is 0 Å². The average Bonchev–Trinajstić information content (AvgIpc) is 3.61. The number of carbonyl (C=O) groups excluding carboxylic acids is 3. The van der Waals surface area contributed by atoms with Gasteiger partial charge in [0, 0.05) is 35.2 Å². The molecular weight excluding hydrogens is 628 g/mol. The molecule has 1 aromatic carbocycles. The van der Waals surface area contributed by atoms with Gasteiger partial charge in [-0.3, -0.25) is 9.59 Å². The molecule has 2 unspecified atom stereocenters. The van der Waals surface area contributed by atoms with Crippen LogP contribution in [0.25, 0.3) is 6.08 Å². The number of ketones is 1. The van der Waals surface area contributed by atoms with Crippen LogP contribution in [0.15, 0.2) is 36.4 Å². The molecule has 10 nitrogen and oxygen atoms in total. The lowest BCUT2D eigenvalue weighted by atomic mass is 9.36. The Morgan fingerprint density at radius 3 is 2.37 bits per heavy atom. The van der Waals surface area contributed by atoms with Crippen molar-refractivity contribution in [3.8, 4) is 11.5 Å². The van der Waals surface area contributed by atoms with Gasteiger partial charge in [0.1, 0.15) is 6.10 Å². The molecule has 0 aromatic heterocycles. The number of ether oxygens (including phenoxy) is 4. The van der Waals surface area contributed by atoms with Crippen molar-refractivity contribution >= 4 is 23.8 Å². The summed E-state index contributed by atoms with van der Waals surface area (Å²) >= 11 is 0. The molecular formula is C39H52O10. The second-order valence-corrected chi connectivity index (χ2v) is 16.3. The third-order valence-electron chi connectivity index (χ3n) is 13.8. The Balaban J connectivity index is 1.35. The maximum Gasteiger partial charge on any atom is 0.331 e. The van der Waals surface area contributed by atoms with Crippen LogP contribution in [-0.4, -0.2) is 71.4 Å². The Bertz CT molecular complexity index is 1550. The number of esters is 2. The lowest BCUT2D eigenvalue weighted by Gasteiger charge is -2.69. The molecule has 268 valence electrons. The summed E-state index contributed by atoms with van der Waals surface area (Å²) < 4.78 is 22.8. The van der Waals surface area contributed by atoms with Crippen LogP contribution in [0.3, 0.4) is 0 Å². The zero-order valence-electron chi connectivity index (χ0n) is 29.7. The van der Waals surface area contributed by atoms with Crippen molar-refractivity contribution in [3.05, 3.63) is 42.0 Å². The lowest BCUT2D eigenvalue weighted by Crippen LogP contribution is -2.69. The van der Waals surface area contributed by atoms with Crippen molar-refractivity contribution in [1.82, 2.24) is 0 Å². The number of hydrogen-bond donors (Lipinski definition) is 3. The maximum absolute atomic E-state index is 13.7. The number of aliphatic hydroxyl groups is 3. The molecule has 5 aliphatic rings. The first-order valence-corrected chi connectivity index (χ1v) is 17.6. The molecule has 0 spiro atoms. The molecule has 0 radical (unpaired) electrons. The van der Waals surface area contributed by atoms with E-state index in [-0.39, 0.29) is 47.7 Å². The zero-order valence-corrected chi connectivity index (χ0v) is 29.7. The van der Waals surface area contributed by atoms with Gasteiger partial charge < -0.3 is 34.3 Å². The second kappa shape index (κ2) is 12.6. The molecule has 3 N–H and O–H groups in total. The van der Waals surface area contributed by atoms with E-state index in [0.717, 1.165) is 12.8 Å². The number of fused-ring (bicyclic) bond motifs is 5. The Labute approximate surface area is 288 Å². The Morgan fingerprint density at radius 1 is 0.980 bits per heavy atom. The predicted molar refractivity (Wildman–Crippen MR) is 180 cm³/mol. The molecule has 4 fully saturated rings. The normalized spacial score (nSPS) is 42.3. The van der Waals surface area contributed by atoms with E-state index in [0.29, 0.717) is 30.6 Å².